The van der Waals surface area contributed by atoms with Gasteiger partial charge in [0.1, 0.15) is 0 Å². The van der Waals surface area contributed by atoms with Crippen LogP contribution in [0.2, 0.25) is 0 Å². The number of amides is 1. The number of hydrogen-bond acceptors (Lipinski definition) is 4. The number of carbonyl (C=O) groups excluding carboxylic acids is 1. The molecule has 1 aromatic heterocycles. The van der Waals surface area contributed by atoms with Gasteiger partial charge in [-0.3, -0.25) is 9.59 Å². The Morgan fingerprint density at radius 3 is 2.86 bits per heavy atom. The highest BCUT2D eigenvalue weighted by Crippen LogP contribution is 2.29. The molecular weight excluding hydrogens is 288 g/mol. The van der Waals surface area contributed by atoms with Crippen LogP contribution in [0, 0.1) is 12.8 Å². The van der Waals surface area contributed by atoms with E-state index in [4.69, 9.17) is 4.74 Å². The minimum atomic E-state index is 0.0301. The predicted molar refractivity (Wildman–Crippen MR) is 81.6 cm³/mol. The van der Waals surface area contributed by atoms with Gasteiger partial charge in [-0.05, 0) is 26.2 Å². The average molecular weight is 310 g/mol. The minimum Gasteiger partial charge on any atom is -0.381 e. The van der Waals surface area contributed by atoms with Crippen molar-refractivity contribution in [2.45, 2.75) is 45.2 Å². The van der Waals surface area contributed by atoms with Gasteiger partial charge in [0.05, 0.1) is 6.61 Å². The molecule has 3 rings (SSSR count). The molecule has 0 unspecified atom stereocenters. The van der Waals surface area contributed by atoms with E-state index in [1.54, 1.807) is 4.57 Å². The normalized spacial score (nSPS) is 21.7. The Morgan fingerprint density at radius 1 is 1.48 bits per heavy atom. The van der Waals surface area contributed by atoms with Gasteiger partial charge in [-0.25, -0.2) is 0 Å². The standard InChI is InChI=1S/C15H22N2O3S/c1-11-10-21-15(19)16(11)6-4-14(18)17(13-2-3-13)8-12-5-7-20-9-12/h10,12-13H,2-9H2,1H3/t12-/m0/s1. The summed E-state index contributed by atoms with van der Waals surface area (Å²) >= 11 is 1.20. The topological polar surface area (TPSA) is 51.5 Å². The van der Waals surface area contributed by atoms with E-state index in [2.05, 4.69) is 0 Å². The van der Waals surface area contributed by atoms with Crippen molar-refractivity contribution >= 4 is 17.2 Å². The first-order chi connectivity index (χ1) is 10.1. The summed E-state index contributed by atoms with van der Waals surface area (Å²) in [6.45, 7) is 4.83. The molecule has 1 atom stereocenters. The fourth-order valence-corrected chi connectivity index (χ4v) is 3.63. The van der Waals surface area contributed by atoms with Crippen molar-refractivity contribution in [1.29, 1.82) is 0 Å². The molecule has 2 heterocycles. The quantitative estimate of drug-likeness (QED) is 0.802. The third-order valence-corrected chi connectivity index (χ3v) is 5.19. The van der Waals surface area contributed by atoms with Gasteiger partial charge in [-0.15, -0.1) is 0 Å². The molecule has 0 spiro atoms. The van der Waals surface area contributed by atoms with Crippen molar-refractivity contribution in [3.05, 3.63) is 20.7 Å². The van der Waals surface area contributed by atoms with Crippen LogP contribution >= 0.6 is 11.3 Å². The van der Waals surface area contributed by atoms with Gasteiger partial charge in [0, 0.05) is 49.2 Å². The first-order valence-electron chi connectivity index (χ1n) is 7.67. The number of nitrogens with zero attached hydrogens (tertiary/aromatic N) is 2. The molecule has 2 fully saturated rings. The van der Waals surface area contributed by atoms with Gasteiger partial charge in [-0.1, -0.05) is 11.3 Å². The number of aryl methyl sites for hydroxylation is 1. The van der Waals surface area contributed by atoms with Crippen LogP contribution in [0.3, 0.4) is 0 Å². The van der Waals surface area contributed by atoms with Gasteiger partial charge < -0.3 is 14.2 Å². The van der Waals surface area contributed by atoms with Gasteiger partial charge in [0.15, 0.2) is 0 Å². The maximum absolute atomic E-state index is 12.5. The van der Waals surface area contributed by atoms with E-state index in [1.165, 1.54) is 11.3 Å². The first kappa shape index (κ1) is 14.8. The highest BCUT2D eigenvalue weighted by Gasteiger charge is 2.34. The molecule has 21 heavy (non-hydrogen) atoms. The summed E-state index contributed by atoms with van der Waals surface area (Å²) in [5.74, 6) is 0.669. The number of aromatic nitrogens is 1. The molecule has 1 aliphatic carbocycles. The monoisotopic (exact) mass is 310 g/mol. The van der Waals surface area contributed by atoms with E-state index in [0.29, 0.717) is 24.9 Å². The highest BCUT2D eigenvalue weighted by molar-refractivity contribution is 7.07. The zero-order chi connectivity index (χ0) is 14.8. The van der Waals surface area contributed by atoms with Gasteiger partial charge in [0.25, 0.3) is 0 Å². The molecule has 1 aromatic rings. The SMILES string of the molecule is Cc1csc(=O)n1CCC(=O)N(C[C@@H]1CCOC1)C1CC1. The molecule has 0 aromatic carbocycles. The Balaban J connectivity index is 1.58. The summed E-state index contributed by atoms with van der Waals surface area (Å²) in [6.07, 6.45) is 3.72. The zero-order valence-electron chi connectivity index (χ0n) is 12.4. The predicted octanol–water partition coefficient (Wildman–Crippen LogP) is 1.64. The van der Waals surface area contributed by atoms with Crippen LogP contribution in [0.5, 0.6) is 0 Å². The Labute approximate surface area is 128 Å². The van der Waals surface area contributed by atoms with Gasteiger partial charge >= 0.3 is 4.87 Å². The van der Waals surface area contributed by atoms with Gasteiger partial charge in [-0.2, -0.15) is 0 Å². The zero-order valence-corrected chi connectivity index (χ0v) is 13.2. The molecular formula is C15H22N2O3S. The summed E-state index contributed by atoms with van der Waals surface area (Å²) in [5, 5.41) is 1.85. The van der Waals surface area contributed by atoms with Crippen molar-refractivity contribution < 1.29 is 9.53 Å². The molecule has 116 valence electrons. The molecule has 0 bridgehead atoms. The Kier molecular flexibility index (Phi) is 4.45. The molecule has 1 amide bonds. The first-order valence-corrected chi connectivity index (χ1v) is 8.55. The maximum atomic E-state index is 12.5. The Bertz CT molecular complexity index is 556. The van der Waals surface area contributed by atoms with Crippen LogP contribution in [-0.4, -0.2) is 41.2 Å². The lowest BCUT2D eigenvalue weighted by atomic mass is 10.1. The second-order valence-electron chi connectivity index (χ2n) is 6.05. The molecule has 2 aliphatic rings. The third kappa shape index (κ3) is 3.55. The van der Waals surface area contributed by atoms with Crippen molar-refractivity contribution in [2.75, 3.05) is 19.8 Å². The Morgan fingerprint density at radius 2 is 2.29 bits per heavy atom. The van der Waals surface area contributed by atoms with E-state index in [-0.39, 0.29) is 10.8 Å². The minimum absolute atomic E-state index is 0.0301. The number of carbonyl (C=O) groups is 1. The fraction of sp³-hybridized carbons (Fsp3) is 0.733. The van der Waals surface area contributed by atoms with E-state index >= 15 is 0 Å². The lowest BCUT2D eigenvalue weighted by Crippen LogP contribution is -2.38. The third-order valence-electron chi connectivity index (χ3n) is 4.31. The summed E-state index contributed by atoms with van der Waals surface area (Å²) in [7, 11) is 0. The van der Waals surface area contributed by atoms with E-state index in [9.17, 15) is 9.59 Å². The van der Waals surface area contributed by atoms with E-state index < -0.39 is 0 Å². The average Bonchev–Trinajstić information content (AvgIpc) is 3.08. The lowest BCUT2D eigenvalue weighted by Gasteiger charge is -2.25. The van der Waals surface area contributed by atoms with E-state index in [1.807, 2.05) is 17.2 Å². The van der Waals surface area contributed by atoms with Crippen molar-refractivity contribution in [3.63, 3.8) is 0 Å². The van der Waals surface area contributed by atoms with Crippen LogP contribution in [0.15, 0.2) is 10.2 Å². The van der Waals surface area contributed by atoms with Crippen molar-refractivity contribution in [1.82, 2.24) is 9.47 Å². The number of thiazole rings is 1. The van der Waals surface area contributed by atoms with Crippen LogP contribution in [-0.2, 0) is 16.1 Å². The molecule has 1 aliphatic heterocycles. The van der Waals surface area contributed by atoms with Gasteiger partial charge in [0.2, 0.25) is 5.91 Å². The molecule has 0 radical (unpaired) electrons. The number of ether oxygens (including phenoxy) is 1. The second kappa shape index (κ2) is 6.32. The summed E-state index contributed by atoms with van der Waals surface area (Å²) < 4.78 is 7.11. The van der Waals surface area contributed by atoms with Crippen molar-refractivity contribution in [3.8, 4) is 0 Å². The molecule has 6 heteroatoms. The lowest BCUT2D eigenvalue weighted by molar-refractivity contribution is -0.132. The van der Waals surface area contributed by atoms with Crippen LogP contribution in [0.1, 0.15) is 31.4 Å². The Hall–Kier alpha value is -1.14. The largest absolute Gasteiger partial charge is 0.381 e. The van der Waals surface area contributed by atoms with Crippen LogP contribution in [0.4, 0.5) is 0 Å². The number of rotatable bonds is 6. The maximum Gasteiger partial charge on any atom is 0.307 e. The molecule has 1 saturated carbocycles. The summed E-state index contributed by atoms with van der Waals surface area (Å²) in [5.41, 5.74) is 0.944. The molecule has 5 nitrogen and oxygen atoms in total. The van der Waals surface area contributed by atoms with E-state index in [0.717, 1.165) is 44.7 Å². The highest BCUT2D eigenvalue weighted by atomic mass is 32.1. The fourth-order valence-electron chi connectivity index (χ4n) is 2.87. The summed E-state index contributed by atoms with van der Waals surface area (Å²) in [6, 6.07) is 0.429. The van der Waals surface area contributed by atoms with Crippen molar-refractivity contribution in [2.24, 2.45) is 5.92 Å². The molecule has 1 saturated heterocycles. The van der Waals surface area contributed by atoms with Crippen LogP contribution in [0.25, 0.3) is 0 Å². The summed E-state index contributed by atoms with van der Waals surface area (Å²) in [4.78, 5) is 26.3. The number of hydrogen-bond donors (Lipinski definition) is 0. The van der Waals surface area contributed by atoms with Crippen LogP contribution < -0.4 is 4.87 Å². The smallest absolute Gasteiger partial charge is 0.307 e. The second-order valence-corrected chi connectivity index (χ2v) is 6.87. The molecule has 0 N–H and O–H groups in total.